The van der Waals surface area contributed by atoms with Crippen LogP contribution in [-0.2, 0) is 28.6 Å². The minimum Gasteiger partial charge on any atom is -0.544 e. The molecule has 0 aliphatic rings. The summed E-state index contributed by atoms with van der Waals surface area (Å²) in [5.41, 5.74) is 0. The summed E-state index contributed by atoms with van der Waals surface area (Å²) in [4.78, 5) is 37.0. The fourth-order valence-corrected chi connectivity index (χ4v) is 7.22. The summed E-state index contributed by atoms with van der Waals surface area (Å²) < 4.78 is 17.2. The Labute approximate surface area is 387 Å². The predicted octanol–water partition coefficient (Wildman–Crippen LogP) is 13.4. The lowest BCUT2D eigenvalue weighted by Gasteiger charge is -2.34. The lowest BCUT2D eigenvalue weighted by molar-refractivity contribution is -0.889. The van der Waals surface area contributed by atoms with E-state index in [1.807, 2.05) is 0 Å². The van der Waals surface area contributed by atoms with Gasteiger partial charge in [0.25, 0.3) is 0 Å². The average molecular weight is 882 g/mol. The number of carboxylic acids is 1. The second-order valence-corrected chi connectivity index (χ2v) is 18.0. The lowest BCUT2D eigenvalue weighted by atomic mass is 10.0. The predicted molar refractivity (Wildman–Crippen MR) is 263 cm³/mol. The topological polar surface area (TPSA) is 102 Å². The molecule has 0 rings (SSSR count). The quantitative estimate of drug-likeness (QED) is 0.0260. The molecule has 0 aromatic rings. The molecule has 63 heavy (non-hydrogen) atoms. The van der Waals surface area contributed by atoms with Crippen molar-refractivity contribution in [3.63, 3.8) is 0 Å². The minimum atomic E-state index is -1.13. The molecule has 8 heteroatoms. The van der Waals surface area contributed by atoms with Crippen molar-refractivity contribution in [1.29, 1.82) is 0 Å². The first-order valence-corrected chi connectivity index (χ1v) is 25.5. The number of ether oxygens (including phenoxy) is 3. The van der Waals surface area contributed by atoms with E-state index in [2.05, 4.69) is 86.8 Å². The molecule has 0 radical (unpaired) electrons. The Morgan fingerprint density at radius 3 is 1.24 bits per heavy atom. The van der Waals surface area contributed by atoms with Gasteiger partial charge in [0, 0.05) is 19.3 Å². The Hall–Kier alpha value is -3.23. The third-order valence-corrected chi connectivity index (χ3v) is 11.1. The van der Waals surface area contributed by atoms with Gasteiger partial charge in [0.1, 0.15) is 12.6 Å². The first-order chi connectivity index (χ1) is 30.6. The number of hydrogen-bond donors (Lipinski definition) is 0. The van der Waals surface area contributed by atoms with Crippen molar-refractivity contribution >= 4 is 17.9 Å². The van der Waals surface area contributed by atoms with Crippen LogP contribution in [0.25, 0.3) is 0 Å². The largest absolute Gasteiger partial charge is 0.544 e. The van der Waals surface area contributed by atoms with Crippen molar-refractivity contribution in [1.82, 2.24) is 0 Å². The highest BCUT2D eigenvalue weighted by Gasteiger charge is 2.25. The van der Waals surface area contributed by atoms with Crippen LogP contribution in [0.1, 0.15) is 206 Å². The van der Waals surface area contributed by atoms with Gasteiger partial charge in [-0.3, -0.25) is 9.59 Å². The summed E-state index contributed by atoms with van der Waals surface area (Å²) in [5, 5.41) is 11.7. The third-order valence-electron chi connectivity index (χ3n) is 11.1. The molecule has 0 heterocycles. The maximum Gasteiger partial charge on any atom is 0.306 e. The molecule has 0 spiro atoms. The van der Waals surface area contributed by atoms with E-state index in [4.69, 9.17) is 14.2 Å². The number of carbonyl (C=O) groups excluding carboxylic acids is 3. The highest BCUT2D eigenvalue weighted by atomic mass is 16.6. The molecular formula is C55H95NO7. The van der Waals surface area contributed by atoms with Gasteiger partial charge in [-0.2, -0.15) is 0 Å². The zero-order chi connectivity index (χ0) is 46.3. The molecule has 0 amide bonds. The van der Waals surface area contributed by atoms with Crippen LogP contribution in [-0.4, -0.2) is 75.5 Å². The number of nitrogens with zero attached hydrogens (tertiary/aromatic N) is 1. The Balaban J connectivity index is 4.26. The maximum atomic E-state index is 12.8. The number of unbranched alkanes of at least 4 members (excludes halogenated alkanes) is 19. The van der Waals surface area contributed by atoms with Gasteiger partial charge in [0.05, 0.1) is 40.3 Å². The van der Waals surface area contributed by atoms with Crippen molar-refractivity contribution < 1.29 is 38.2 Å². The zero-order valence-corrected chi connectivity index (χ0v) is 41.2. The lowest BCUT2D eigenvalue weighted by Crippen LogP contribution is -2.55. The average Bonchev–Trinajstić information content (AvgIpc) is 3.24. The number of allylic oxidation sites excluding steroid dienone is 12. The van der Waals surface area contributed by atoms with E-state index in [0.29, 0.717) is 12.8 Å². The number of aliphatic carboxylic acids is 1. The van der Waals surface area contributed by atoms with Crippen LogP contribution < -0.4 is 5.11 Å². The van der Waals surface area contributed by atoms with Crippen molar-refractivity contribution in [3.05, 3.63) is 72.9 Å². The molecule has 0 aliphatic heterocycles. The van der Waals surface area contributed by atoms with Crippen LogP contribution in [0.3, 0.4) is 0 Å². The Bertz CT molecular complexity index is 1260. The molecule has 0 saturated heterocycles. The number of rotatable bonds is 45. The monoisotopic (exact) mass is 882 g/mol. The summed E-state index contributed by atoms with van der Waals surface area (Å²) in [5.74, 6) is -1.75. The molecule has 2 unspecified atom stereocenters. The number of likely N-dealkylation sites (N-methyl/N-ethyl adjacent to an activating group) is 1. The van der Waals surface area contributed by atoms with Crippen LogP contribution in [0.15, 0.2) is 72.9 Å². The molecule has 0 saturated carbocycles. The standard InChI is InChI=1S/C55H95NO7/c1-6-8-10-12-14-16-18-20-22-24-26-28-30-32-34-36-38-40-42-44-46-54(58)63-51(49-61-48-47-52(55(59)60)56(3,4)5)50-62-53(57)45-43-41-39-37-35-33-31-29-27-25-23-21-19-17-15-13-11-9-7-2/h8-11,14-17,20-23,51-52H,6-7,12-13,18-19,24-50H2,1-5H3/b10-8+,11-9+,16-14+,17-15+,22-20+,23-21+. The van der Waals surface area contributed by atoms with Gasteiger partial charge in [0.2, 0.25) is 0 Å². The first kappa shape index (κ1) is 59.8. The SMILES string of the molecule is CC/C=C/C/C=C/C/C=C/CCCCCCCCCCCCC(=O)OC(COCCC(C(=O)[O-])[N+](C)(C)C)COC(=O)CCCCCCCCCCC/C=C/C/C=C/C/C=C/CC. The Morgan fingerprint density at radius 1 is 0.476 bits per heavy atom. The smallest absolute Gasteiger partial charge is 0.306 e. The van der Waals surface area contributed by atoms with Gasteiger partial charge in [-0.15, -0.1) is 0 Å². The molecule has 0 fully saturated rings. The van der Waals surface area contributed by atoms with Crippen molar-refractivity contribution in [3.8, 4) is 0 Å². The maximum absolute atomic E-state index is 12.8. The third kappa shape index (κ3) is 43.8. The van der Waals surface area contributed by atoms with Gasteiger partial charge in [-0.1, -0.05) is 183 Å². The molecule has 2 atom stereocenters. The van der Waals surface area contributed by atoms with Crippen LogP contribution in [0.4, 0.5) is 0 Å². The van der Waals surface area contributed by atoms with E-state index in [0.717, 1.165) is 83.5 Å². The number of carboxylic acid groups (broad SMARTS) is 1. The van der Waals surface area contributed by atoms with E-state index in [1.165, 1.54) is 89.9 Å². The highest BCUT2D eigenvalue weighted by Crippen LogP contribution is 2.15. The van der Waals surface area contributed by atoms with Crippen molar-refractivity contribution in [2.24, 2.45) is 0 Å². The second kappa shape index (κ2) is 45.3. The van der Waals surface area contributed by atoms with E-state index in [1.54, 1.807) is 21.1 Å². The molecule has 0 aliphatic carbocycles. The van der Waals surface area contributed by atoms with Gasteiger partial charge in [-0.25, -0.2) is 0 Å². The fraction of sp³-hybridized carbons (Fsp3) is 0.727. The molecule has 362 valence electrons. The number of carbonyl (C=O) groups is 3. The Kier molecular flexibility index (Phi) is 43.0. The summed E-state index contributed by atoms with van der Waals surface area (Å²) in [6, 6.07) is -0.730. The van der Waals surface area contributed by atoms with Crippen LogP contribution in [0, 0.1) is 0 Å². The molecule has 0 aromatic carbocycles. The van der Waals surface area contributed by atoms with Crippen LogP contribution >= 0.6 is 0 Å². The van der Waals surface area contributed by atoms with E-state index in [-0.39, 0.29) is 42.7 Å². The summed E-state index contributed by atoms with van der Waals surface area (Å²) >= 11 is 0. The van der Waals surface area contributed by atoms with Gasteiger partial charge in [-0.05, 0) is 77.0 Å². The normalized spacial score (nSPS) is 13.5. The van der Waals surface area contributed by atoms with Crippen molar-refractivity contribution in [2.75, 3.05) is 41.0 Å². The highest BCUT2D eigenvalue weighted by molar-refractivity contribution is 5.70. The second-order valence-electron chi connectivity index (χ2n) is 18.0. The number of quaternary nitrogens is 1. The number of esters is 2. The van der Waals surface area contributed by atoms with Gasteiger partial charge < -0.3 is 28.6 Å². The number of hydrogen-bond acceptors (Lipinski definition) is 7. The van der Waals surface area contributed by atoms with E-state index in [9.17, 15) is 19.5 Å². The van der Waals surface area contributed by atoms with Crippen molar-refractivity contribution in [2.45, 2.75) is 219 Å². The molecule has 8 nitrogen and oxygen atoms in total. The van der Waals surface area contributed by atoms with Gasteiger partial charge in [0.15, 0.2) is 6.10 Å². The van der Waals surface area contributed by atoms with E-state index < -0.39 is 18.1 Å². The van der Waals surface area contributed by atoms with Crippen LogP contribution in [0.5, 0.6) is 0 Å². The molecule has 0 bridgehead atoms. The molecule has 0 aromatic heterocycles. The summed E-state index contributed by atoms with van der Waals surface area (Å²) in [6.07, 6.45) is 57.8. The first-order valence-electron chi connectivity index (χ1n) is 25.5. The van der Waals surface area contributed by atoms with Gasteiger partial charge >= 0.3 is 11.9 Å². The minimum absolute atomic E-state index is 0.0351. The molecule has 0 N–H and O–H groups in total. The van der Waals surface area contributed by atoms with E-state index >= 15 is 0 Å². The molecular weight excluding hydrogens is 787 g/mol. The van der Waals surface area contributed by atoms with Crippen LogP contribution in [0.2, 0.25) is 0 Å². The zero-order valence-electron chi connectivity index (χ0n) is 41.2. The summed E-state index contributed by atoms with van der Waals surface area (Å²) in [7, 11) is 5.41. The Morgan fingerprint density at radius 2 is 0.841 bits per heavy atom. The fourth-order valence-electron chi connectivity index (χ4n) is 7.22. The summed E-state index contributed by atoms with van der Waals surface area (Å²) in [6.45, 7) is 4.44.